The molecule has 0 fully saturated rings. The maximum absolute atomic E-state index is 13.3. The van der Waals surface area contributed by atoms with E-state index in [2.05, 4.69) is 10.0 Å². The van der Waals surface area contributed by atoms with Crippen molar-refractivity contribution < 1.29 is 17.6 Å². The Hall–Kier alpha value is -2.90. The topological polar surface area (TPSA) is 75.3 Å². The first-order chi connectivity index (χ1) is 13.7. The van der Waals surface area contributed by atoms with Crippen LogP contribution >= 0.6 is 11.6 Å². The van der Waals surface area contributed by atoms with E-state index in [9.17, 15) is 17.6 Å². The molecule has 3 rings (SSSR count). The number of carbonyl (C=O) groups is 1. The first-order valence-electron chi connectivity index (χ1n) is 8.62. The molecule has 29 heavy (non-hydrogen) atoms. The molecule has 8 heteroatoms. The number of carbonyl (C=O) groups excluding carboxylic acids is 1. The second-order valence-electron chi connectivity index (χ2n) is 6.53. The van der Waals surface area contributed by atoms with E-state index in [1.807, 2.05) is 32.0 Å². The number of nitrogens with one attached hydrogen (secondary N) is 2. The van der Waals surface area contributed by atoms with Crippen molar-refractivity contribution in [2.24, 2.45) is 0 Å². The van der Waals surface area contributed by atoms with Crippen molar-refractivity contribution in [1.29, 1.82) is 0 Å². The Balaban J connectivity index is 1.75. The maximum atomic E-state index is 13.3. The van der Waals surface area contributed by atoms with Gasteiger partial charge in [-0.05, 0) is 73.5 Å². The van der Waals surface area contributed by atoms with E-state index in [0.29, 0.717) is 11.3 Å². The molecule has 0 aliphatic carbocycles. The molecule has 3 aromatic carbocycles. The van der Waals surface area contributed by atoms with Crippen molar-refractivity contribution >= 4 is 38.9 Å². The minimum atomic E-state index is -3.95. The Labute approximate surface area is 173 Å². The van der Waals surface area contributed by atoms with Gasteiger partial charge in [-0.3, -0.25) is 9.52 Å². The molecule has 0 atom stereocenters. The number of sulfonamides is 1. The van der Waals surface area contributed by atoms with Crippen LogP contribution in [0.3, 0.4) is 0 Å². The van der Waals surface area contributed by atoms with Gasteiger partial charge in [0, 0.05) is 16.9 Å². The molecule has 2 N–H and O–H groups in total. The van der Waals surface area contributed by atoms with Crippen molar-refractivity contribution in [2.45, 2.75) is 18.7 Å². The Kier molecular flexibility index (Phi) is 5.91. The number of hydrogen-bond acceptors (Lipinski definition) is 3. The minimum absolute atomic E-state index is 0.166. The normalized spacial score (nSPS) is 11.2. The fourth-order valence-electron chi connectivity index (χ4n) is 2.61. The Morgan fingerprint density at radius 3 is 2.31 bits per heavy atom. The second-order valence-corrected chi connectivity index (χ2v) is 8.62. The summed E-state index contributed by atoms with van der Waals surface area (Å²) in [6, 6.07) is 14.9. The van der Waals surface area contributed by atoms with Crippen LogP contribution in [0.25, 0.3) is 0 Å². The molecular formula is C21H18ClFN2O3S. The fourth-order valence-corrected chi connectivity index (χ4v) is 3.94. The van der Waals surface area contributed by atoms with Crippen LogP contribution in [0.2, 0.25) is 5.02 Å². The highest BCUT2D eigenvalue weighted by atomic mass is 35.5. The highest BCUT2D eigenvalue weighted by Gasteiger charge is 2.16. The van der Waals surface area contributed by atoms with Gasteiger partial charge in [-0.1, -0.05) is 23.7 Å². The van der Waals surface area contributed by atoms with Crippen LogP contribution in [0.5, 0.6) is 0 Å². The molecule has 0 spiro atoms. The van der Waals surface area contributed by atoms with Gasteiger partial charge in [-0.15, -0.1) is 0 Å². The summed E-state index contributed by atoms with van der Waals surface area (Å²) in [4.78, 5) is 12.3. The van der Waals surface area contributed by atoms with Gasteiger partial charge in [0.2, 0.25) is 0 Å². The van der Waals surface area contributed by atoms with Gasteiger partial charge in [-0.2, -0.15) is 0 Å². The standard InChI is InChI=1S/C21H18ClFN2O3S/c1-13-3-4-14(2)20(11-13)24-21(26)15-5-7-16(8-6-15)25-29(27,28)17-9-10-19(23)18(22)12-17/h3-12,25H,1-2H3,(H,24,26). The van der Waals surface area contributed by atoms with Crippen molar-refractivity contribution in [3.05, 3.63) is 88.2 Å². The van der Waals surface area contributed by atoms with Gasteiger partial charge in [0.1, 0.15) is 5.82 Å². The molecule has 0 saturated carbocycles. The second kappa shape index (κ2) is 8.23. The average Bonchev–Trinajstić information content (AvgIpc) is 2.67. The minimum Gasteiger partial charge on any atom is -0.322 e. The third kappa shape index (κ3) is 4.93. The molecule has 1 amide bonds. The van der Waals surface area contributed by atoms with E-state index in [1.54, 1.807) is 0 Å². The van der Waals surface area contributed by atoms with Crippen molar-refractivity contribution in [2.75, 3.05) is 10.0 Å². The van der Waals surface area contributed by atoms with E-state index >= 15 is 0 Å². The predicted octanol–water partition coefficient (Wildman–Crippen LogP) is 5.15. The van der Waals surface area contributed by atoms with E-state index in [0.717, 1.165) is 29.3 Å². The number of amides is 1. The largest absolute Gasteiger partial charge is 0.322 e. The Bertz CT molecular complexity index is 1180. The number of aryl methyl sites for hydroxylation is 2. The van der Waals surface area contributed by atoms with Crippen LogP contribution in [0.4, 0.5) is 15.8 Å². The number of halogens is 2. The van der Waals surface area contributed by atoms with Crippen molar-refractivity contribution in [1.82, 2.24) is 0 Å². The van der Waals surface area contributed by atoms with Crippen molar-refractivity contribution in [3.8, 4) is 0 Å². The molecule has 3 aromatic rings. The Morgan fingerprint density at radius 1 is 0.966 bits per heavy atom. The van der Waals surface area contributed by atoms with Gasteiger partial charge >= 0.3 is 0 Å². The summed E-state index contributed by atoms with van der Waals surface area (Å²) in [6.45, 7) is 3.83. The first kappa shape index (κ1) is 20.8. The molecule has 0 bridgehead atoms. The van der Waals surface area contributed by atoms with Crippen LogP contribution in [-0.4, -0.2) is 14.3 Å². The number of rotatable bonds is 5. The monoisotopic (exact) mass is 432 g/mol. The van der Waals surface area contributed by atoms with Gasteiger partial charge in [-0.25, -0.2) is 12.8 Å². The molecule has 150 valence electrons. The van der Waals surface area contributed by atoms with Crippen molar-refractivity contribution in [3.63, 3.8) is 0 Å². The zero-order chi connectivity index (χ0) is 21.2. The predicted molar refractivity (Wildman–Crippen MR) is 113 cm³/mol. The zero-order valence-corrected chi connectivity index (χ0v) is 17.2. The lowest BCUT2D eigenvalue weighted by atomic mass is 10.1. The molecule has 0 aliphatic heterocycles. The Morgan fingerprint density at radius 2 is 1.66 bits per heavy atom. The smallest absolute Gasteiger partial charge is 0.261 e. The number of benzene rings is 3. The molecule has 0 aromatic heterocycles. The third-order valence-electron chi connectivity index (χ3n) is 4.24. The van der Waals surface area contributed by atoms with Gasteiger partial charge in [0.25, 0.3) is 15.9 Å². The summed E-state index contributed by atoms with van der Waals surface area (Å²) in [5.41, 5.74) is 3.31. The van der Waals surface area contributed by atoms with Crippen LogP contribution in [0.15, 0.2) is 65.6 Å². The summed E-state index contributed by atoms with van der Waals surface area (Å²) in [5.74, 6) is -1.01. The van der Waals surface area contributed by atoms with E-state index in [4.69, 9.17) is 11.6 Å². The number of anilines is 2. The molecule has 0 saturated heterocycles. The van der Waals surface area contributed by atoms with Crippen LogP contribution in [0, 0.1) is 19.7 Å². The SMILES string of the molecule is Cc1ccc(C)c(NC(=O)c2ccc(NS(=O)(=O)c3ccc(F)c(Cl)c3)cc2)c1. The molecular weight excluding hydrogens is 415 g/mol. The van der Waals surface area contributed by atoms with Crippen LogP contribution < -0.4 is 10.0 Å². The maximum Gasteiger partial charge on any atom is 0.261 e. The summed E-state index contributed by atoms with van der Waals surface area (Å²) < 4.78 is 40.5. The molecule has 0 heterocycles. The van der Waals surface area contributed by atoms with Gasteiger partial charge < -0.3 is 5.32 Å². The van der Waals surface area contributed by atoms with E-state index in [1.165, 1.54) is 24.3 Å². The zero-order valence-electron chi connectivity index (χ0n) is 15.7. The summed E-state index contributed by atoms with van der Waals surface area (Å²) in [7, 11) is -3.95. The first-order valence-corrected chi connectivity index (χ1v) is 10.5. The third-order valence-corrected chi connectivity index (χ3v) is 5.91. The van der Waals surface area contributed by atoms with Crippen LogP contribution in [0.1, 0.15) is 21.5 Å². The lowest BCUT2D eigenvalue weighted by Gasteiger charge is -2.11. The lowest BCUT2D eigenvalue weighted by Crippen LogP contribution is -2.14. The summed E-state index contributed by atoms with van der Waals surface area (Å²) in [6.07, 6.45) is 0. The summed E-state index contributed by atoms with van der Waals surface area (Å²) in [5, 5.41) is 2.56. The molecule has 5 nitrogen and oxygen atoms in total. The number of hydrogen-bond donors (Lipinski definition) is 2. The average molecular weight is 433 g/mol. The van der Waals surface area contributed by atoms with Gasteiger partial charge in [0.05, 0.1) is 9.92 Å². The molecule has 0 aliphatic rings. The van der Waals surface area contributed by atoms with E-state index < -0.39 is 15.8 Å². The summed E-state index contributed by atoms with van der Waals surface area (Å²) >= 11 is 5.65. The quantitative estimate of drug-likeness (QED) is 0.585. The highest BCUT2D eigenvalue weighted by Crippen LogP contribution is 2.22. The van der Waals surface area contributed by atoms with Gasteiger partial charge in [0.15, 0.2) is 0 Å². The molecule has 0 unspecified atom stereocenters. The molecule has 0 radical (unpaired) electrons. The highest BCUT2D eigenvalue weighted by molar-refractivity contribution is 7.92. The van der Waals surface area contributed by atoms with Crippen LogP contribution in [-0.2, 0) is 10.0 Å². The lowest BCUT2D eigenvalue weighted by molar-refractivity contribution is 0.102. The van der Waals surface area contributed by atoms with E-state index in [-0.39, 0.29) is 21.5 Å². The fraction of sp³-hybridized carbons (Fsp3) is 0.0952.